The lowest BCUT2D eigenvalue weighted by Gasteiger charge is -2.38. The summed E-state index contributed by atoms with van der Waals surface area (Å²) in [6, 6.07) is 35.4. The zero-order valence-corrected chi connectivity index (χ0v) is 17.4. The molecule has 5 aromatic carbocycles. The van der Waals surface area contributed by atoms with Crippen LogP contribution in [-0.4, -0.2) is 5.11 Å². The number of benzene rings is 5. The van der Waals surface area contributed by atoms with Gasteiger partial charge < -0.3 is 5.11 Å². The maximum Gasteiger partial charge on any atom is 0.119 e. The van der Waals surface area contributed by atoms with Gasteiger partial charge in [-0.05, 0) is 55.4 Å². The predicted molar refractivity (Wildman–Crippen MR) is 130 cm³/mol. The van der Waals surface area contributed by atoms with Gasteiger partial charge in [-0.15, -0.1) is 0 Å². The second-order valence-electron chi connectivity index (χ2n) is 9.41. The zero-order chi connectivity index (χ0) is 21.0. The first-order chi connectivity index (χ1) is 15.8. The molecule has 5 aromatic rings. The minimum absolute atomic E-state index is 0.124. The normalized spacial score (nSPS) is 21.1. The minimum atomic E-state index is -0.300. The Balaban J connectivity index is 1.60. The molecule has 2 atom stereocenters. The van der Waals surface area contributed by atoms with E-state index in [4.69, 9.17) is 0 Å². The average molecular weight is 409 g/mol. The molecule has 8 rings (SSSR count). The fourth-order valence-electron chi connectivity index (χ4n) is 7.20. The molecule has 1 spiro atoms. The summed E-state index contributed by atoms with van der Waals surface area (Å²) < 4.78 is 0. The molecule has 32 heavy (non-hydrogen) atoms. The minimum Gasteiger partial charge on any atom is -0.508 e. The van der Waals surface area contributed by atoms with Crippen LogP contribution in [0.2, 0.25) is 0 Å². The van der Waals surface area contributed by atoms with Crippen molar-refractivity contribution in [2.45, 2.75) is 11.3 Å². The second-order valence-corrected chi connectivity index (χ2v) is 9.41. The van der Waals surface area contributed by atoms with Gasteiger partial charge in [0.05, 0.1) is 5.41 Å². The number of allylic oxidation sites excluding steroid dienone is 1. The summed E-state index contributed by atoms with van der Waals surface area (Å²) >= 11 is 0. The van der Waals surface area contributed by atoms with Gasteiger partial charge in [-0.2, -0.15) is 0 Å². The van der Waals surface area contributed by atoms with Gasteiger partial charge in [-0.1, -0.05) is 97.1 Å². The van der Waals surface area contributed by atoms with E-state index in [1.807, 2.05) is 6.07 Å². The van der Waals surface area contributed by atoms with E-state index in [1.165, 1.54) is 49.4 Å². The Kier molecular flexibility index (Phi) is 2.89. The number of hydrogen-bond donors (Lipinski definition) is 1. The highest BCUT2D eigenvalue weighted by atomic mass is 16.3. The first-order valence-electron chi connectivity index (χ1n) is 11.3. The SMILES string of the molecule is OC1=CC2C(c3ccccc31)c1ccccc1C21c2cccc3ccc4cccc1c4c23. The largest absolute Gasteiger partial charge is 0.508 e. The Bertz CT molecular complexity index is 1590. The number of rotatable bonds is 0. The standard InChI is InChI=1S/C31H20O/c32-27-17-26-30(21-10-2-1-9-20(21)27)22-11-3-4-12-23(22)31(26)24-13-5-7-18-15-16-19-8-6-14-25(31)29(19)28(18)24/h1-17,26,30,32H. The molecule has 0 aromatic heterocycles. The highest BCUT2D eigenvalue weighted by Gasteiger charge is 2.58. The van der Waals surface area contributed by atoms with Crippen LogP contribution in [0, 0.1) is 5.92 Å². The van der Waals surface area contributed by atoms with Crippen LogP contribution in [0.4, 0.5) is 0 Å². The van der Waals surface area contributed by atoms with Crippen molar-refractivity contribution in [1.29, 1.82) is 0 Å². The Labute approximate surface area is 186 Å². The van der Waals surface area contributed by atoms with Crippen molar-refractivity contribution >= 4 is 27.3 Å². The molecular weight excluding hydrogens is 388 g/mol. The van der Waals surface area contributed by atoms with Crippen LogP contribution < -0.4 is 0 Å². The molecule has 150 valence electrons. The fourth-order valence-corrected chi connectivity index (χ4v) is 7.20. The second kappa shape index (κ2) is 5.49. The summed E-state index contributed by atoms with van der Waals surface area (Å²) in [6.45, 7) is 0. The van der Waals surface area contributed by atoms with Gasteiger partial charge in [0.2, 0.25) is 0 Å². The molecule has 1 heteroatoms. The van der Waals surface area contributed by atoms with E-state index in [-0.39, 0.29) is 17.3 Å². The Hall–Kier alpha value is -3.84. The van der Waals surface area contributed by atoms with Crippen molar-refractivity contribution in [2.24, 2.45) is 5.92 Å². The molecule has 0 aliphatic heterocycles. The van der Waals surface area contributed by atoms with Crippen LogP contribution in [-0.2, 0) is 5.41 Å². The summed E-state index contributed by atoms with van der Waals surface area (Å²) in [4.78, 5) is 0. The molecule has 0 amide bonds. The molecule has 0 fully saturated rings. The third-order valence-electron chi connectivity index (χ3n) is 8.22. The fraction of sp³-hybridized carbons (Fsp3) is 0.0968. The molecule has 0 saturated carbocycles. The van der Waals surface area contributed by atoms with E-state index in [0.717, 1.165) is 5.56 Å². The molecule has 1 nitrogen and oxygen atoms in total. The topological polar surface area (TPSA) is 20.2 Å². The van der Waals surface area contributed by atoms with E-state index in [9.17, 15) is 5.11 Å². The molecule has 0 saturated heterocycles. The molecule has 1 N–H and O–H groups in total. The van der Waals surface area contributed by atoms with Crippen molar-refractivity contribution < 1.29 is 5.11 Å². The summed E-state index contributed by atoms with van der Waals surface area (Å²) in [7, 11) is 0. The molecule has 2 unspecified atom stereocenters. The van der Waals surface area contributed by atoms with Crippen molar-refractivity contribution in [1.82, 2.24) is 0 Å². The van der Waals surface area contributed by atoms with Crippen molar-refractivity contribution in [3.8, 4) is 0 Å². The number of hydrogen-bond acceptors (Lipinski definition) is 1. The molecule has 0 heterocycles. The highest BCUT2D eigenvalue weighted by molar-refractivity contribution is 6.16. The highest BCUT2D eigenvalue weighted by Crippen LogP contribution is 2.66. The Morgan fingerprint density at radius 1 is 0.562 bits per heavy atom. The third-order valence-corrected chi connectivity index (χ3v) is 8.22. The Morgan fingerprint density at radius 3 is 1.88 bits per heavy atom. The van der Waals surface area contributed by atoms with Gasteiger partial charge in [0.15, 0.2) is 0 Å². The first kappa shape index (κ1) is 16.8. The van der Waals surface area contributed by atoms with Gasteiger partial charge in [-0.25, -0.2) is 0 Å². The molecule has 0 bridgehead atoms. The lowest BCUT2D eigenvalue weighted by molar-refractivity contribution is 0.430. The van der Waals surface area contributed by atoms with Crippen LogP contribution in [0.3, 0.4) is 0 Å². The van der Waals surface area contributed by atoms with Gasteiger partial charge >= 0.3 is 0 Å². The summed E-state index contributed by atoms with van der Waals surface area (Å²) in [5, 5.41) is 16.5. The van der Waals surface area contributed by atoms with Gasteiger partial charge in [-0.3, -0.25) is 0 Å². The molecular formula is C31H20O. The van der Waals surface area contributed by atoms with E-state index < -0.39 is 0 Å². The van der Waals surface area contributed by atoms with Gasteiger partial charge in [0, 0.05) is 17.4 Å². The van der Waals surface area contributed by atoms with Gasteiger partial charge in [0.1, 0.15) is 5.76 Å². The summed E-state index contributed by atoms with van der Waals surface area (Å²) in [6.07, 6.45) is 2.15. The van der Waals surface area contributed by atoms with Crippen LogP contribution in [0.15, 0.2) is 103 Å². The maximum absolute atomic E-state index is 11.2. The van der Waals surface area contributed by atoms with E-state index in [0.29, 0.717) is 5.76 Å². The van der Waals surface area contributed by atoms with E-state index in [1.54, 1.807) is 0 Å². The molecule has 3 aliphatic rings. The predicted octanol–water partition coefficient (Wildman–Crippen LogP) is 7.32. The van der Waals surface area contributed by atoms with Crippen molar-refractivity contribution in [3.05, 3.63) is 137 Å². The number of aliphatic hydroxyl groups excluding tert-OH is 1. The number of aliphatic hydroxyl groups is 1. The van der Waals surface area contributed by atoms with Crippen LogP contribution >= 0.6 is 0 Å². The zero-order valence-electron chi connectivity index (χ0n) is 17.4. The monoisotopic (exact) mass is 408 g/mol. The quantitative estimate of drug-likeness (QED) is 0.266. The summed E-state index contributed by atoms with van der Waals surface area (Å²) in [5.41, 5.74) is 7.42. The number of fused-ring (bicyclic) bond motifs is 9. The first-order valence-corrected chi connectivity index (χ1v) is 11.3. The van der Waals surface area contributed by atoms with Gasteiger partial charge in [0.25, 0.3) is 0 Å². The van der Waals surface area contributed by atoms with Crippen molar-refractivity contribution in [3.63, 3.8) is 0 Å². The lowest BCUT2D eigenvalue weighted by Crippen LogP contribution is -2.34. The smallest absolute Gasteiger partial charge is 0.119 e. The average Bonchev–Trinajstić information content (AvgIpc) is 3.31. The van der Waals surface area contributed by atoms with Crippen LogP contribution in [0.1, 0.15) is 39.3 Å². The van der Waals surface area contributed by atoms with E-state index in [2.05, 4.69) is 97.1 Å². The maximum atomic E-state index is 11.2. The lowest BCUT2D eigenvalue weighted by atomic mass is 9.63. The Morgan fingerprint density at radius 2 is 1.16 bits per heavy atom. The van der Waals surface area contributed by atoms with Crippen LogP contribution in [0.5, 0.6) is 0 Å². The van der Waals surface area contributed by atoms with Crippen LogP contribution in [0.25, 0.3) is 27.3 Å². The van der Waals surface area contributed by atoms with E-state index >= 15 is 0 Å². The molecule has 0 radical (unpaired) electrons. The third kappa shape index (κ3) is 1.68. The van der Waals surface area contributed by atoms with Crippen molar-refractivity contribution in [2.75, 3.05) is 0 Å². The molecule has 3 aliphatic carbocycles. The summed E-state index contributed by atoms with van der Waals surface area (Å²) in [5.74, 6) is 0.751.